The molecule has 0 aromatic heterocycles. The zero-order chi connectivity index (χ0) is 14.3. The highest BCUT2D eigenvalue weighted by atomic mass is 35.5. The quantitative estimate of drug-likeness (QED) is 0.620. The molecule has 4 nitrogen and oxygen atoms in total. The Bertz CT molecular complexity index is 507. The smallest absolute Gasteiger partial charge is 0.255 e. The van der Waals surface area contributed by atoms with Gasteiger partial charge in [0.15, 0.2) is 0 Å². The number of amides is 1. The third-order valence-electron chi connectivity index (χ3n) is 2.28. The van der Waals surface area contributed by atoms with Crippen LogP contribution in [0.5, 0.6) is 0 Å². The maximum atomic E-state index is 12.0. The van der Waals surface area contributed by atoms with Gasteiger partial charge in [-0.1, -0.05) is 18.2 Å². The van der Waals surface area contributed by atoms with E-state index in [1.807, 2.05) is 0 Å². The van der Waals surface area contributed by atoms with Crippen LogP contribution in [0.4, 0.5) is 0 Å². The van der Waals surface area contributed by atoms with Gasteiger partial charge in [-0.2, -0.15) is 0 Å². The molecule has 1 aromatic carbocycles. The lowest BCUT2D eigenvalue weighted by atomic mass is 10.1. The molecule has 0 fully saturated rings. The number of hydrogen-bond acceptors (Lipinski definition) is 3. The van der Waals surface area contributed by atoms with Crippen molar-refractivity contribution in [3.8, 4) is 0 Å². The third kappa shape index (κ3) is 4.97. The second kappa shape index (κ2) is 7.38. The first-order chi connectivity index (χ1) is 9.06. The topological polar surface area (TPSA) is 58.2 Å². The van der Waals surface area contributed by atoms with E-state index in [2.05, 4.69) is 17.2 Å². The fourth-order valence-electron chi connectivity index (χ4n) is 1.41. The van der Waals surface area contributed by atoms with Crippen molar-refractivity contribution in [3.63, 3.8) is 0 Å². The zero-order valence-electron chi connectivity index (χ0n) is 10.6. The summed E-state index contributed by atoms with van der Waals surface area (Å²) in [7, 11) is 1.71. The lowest BCUT2D eigenvalue weighted by molar-refractivity contribution is -0.105. The molecule has 0 bridgehead atoms. The molecule has 1 rings (SSSR count). The largest absolute Gasteiger partial charge is 0.393 e. The predicted octanol–water partition coefficient (Wildman–Crippen LogP) is 2.28. The predicted molar refractivity (Wildman–Crippen MR) is 75.9 cm³/mol. The number of carbonyl (C=O) groups is 2. The highest BCUT2D eigenvalue weighted by Gasteiger charge is 2.08. The number of hydrogen-bond donors (Lipinski definition) is 2. The molecule has 0 heterocycles. The Hall–Kier alpha value is -2.07. The van der Waals surface area contributed by atoms with Crippen LogP contribution in [0.2, 0.25) is 5.02 Å². The van der Waals surface area contributed by atoms with Gasteiger partial charge < -0.3 is 10.6 Å². The number of carbonyl (C=O) groups excluding carboxylic acids is 2. The Morgan fingerprint density at radius 3 is 2.53 bits per heavy atom. The standard InChI is InChI=1S/C14H15ClN2O2/c1-10(9-18)7-13(8-16-2)17-14(19)11-3-5-12(15)6-4-11/h3-6,8-9,16H,1,7H2,2H3,(H,17,19)/b13-8+. The molecule has 19 heavy (non-hydrogen) atoms. The molecule has 0 atom stereocenters. The summed E-state index contributed by atoms with van der Waals surface area (Å²) in [6.07, 6.45) is 2.56. The molecule has 0 spiro atoms. The molecule has 0 radical (unpaired) electrons. The van der Waals surface area contributed by atoms with Crippen molar-refractivity contribution in [2.45, 2.75) is 6.42 Å². The van der Waals surface area contributed by atoms with Crippen LogP contribution in [0.1, 0.15) is 16.8 Å². The summed E-state index contributed by atoms with van der Waals surface area (Å²) >= 11 is 5.76. The van der Waals surface area contributed by atoms with E-state index in [1.54, 1.807) is 37.5 Å². The molecule has 2 N–H and O–H groups in total. The summed E-state index contributed by atoms with van der Waals surface area (Å²) in [6.45, 7) is 3.58. The van der Waals surface area contributed by atoms with Crippen LogP contribution in [0.15, 0.2) is 48.3 Å². The van der Waals surface area contributed by atoms with Crippen molar-refractivity contribution in [3.05, 3.63) is 58.9 Å². The number of rotatable bonds is 6. The lowest BCUT2D eigenvalue weighted by Gasteiger charge is -2.09. The maximum absolute atomic E-state index is 12.0. The molecular formula is C14H15ClN2O2. The SMILES string of the molecule is C=C(C=O)C/C(=C\NC)NC(=O)c1ccc(Cl)cc1. The maximum Gasteiger partial charge on any atom is 0.255 e. The minimum absolute atomic E-state index is 0.267. The minimum atomic E-state index is -0.267. The minimum Gasteiger partial charge on any atom is -0.393 e. The molecule has 1 aromatic rings. The van der Waals surface area contributed by atoms with Gasteiger partial charge in [0, 0.05) is 36.0 Å². The molecule has 0 saturated heterocycles. The molecule has 5 heteroatoms. The summed E-state index contributed by atoms with van der Waals surface area (Å²) in [5.74, 6) is -0.267. The number of benzene rings is 1. The van der Waals surface area contributed by atoms with E-state index in [4.69, 9.17) is 11.6 Å². The van der Waals surface area contributed by atoms with Crippen LogP contribution in [-0.4, -0.2) is 19.2 Å². The number of aldehydes is 1. The second-order valence-corrected chi connectivity index (χ2v) is 4.31. The zero-order valence-corrected chi connectivity index (χ0v) is 11.3. The Balaban J connectivity index is 2.76. The van der Waals surface area contributed by atoms with Crippen molar-refractivity contribution >= 4 is 23.8 Å². The van der Waals surface area contributed by atoms with Crippen LogP contribution in [0, 0.1) is 0 Å². The monoisotopic (exact) mass is 278 g/mol. The van der Waals surface area contributed by atoms with E-state index in [0.717, 1.165) is 0 Å². The van der Waals surface area contributed by atoms with Crippen LogP contribution in [0.25, 0.3) is 0 Å². The van der Waals surface area contributed by atoms with E-state index in [-0.39, 0.29) is 12.3 Å². The lowest BCUT2D eigenvalue weighted by Crippen LogP contribution is -2.24. The van der Waals surface area contributed by atoms with Gasteiger partial charge in [0.25, 0.3) is 5.91 Å². The summed E-state index contributed by atoms with van der Waals surface area (Å²) < 4.78 is 0. The summed E-state index contributed by atoms with van der Waals surface area (Å²) in [4.78, 5) is 22.5. The summed E-state index contributed by atoms with van der Waals surface area (Å²) in [5, 5.41) is 6.09. The van der Waals surface area contributed by atoms with Gasteiger partial charge >= 0.3 is 0 Å². The van der Waals surface area contributed by atoms with Gasteiger partial charge in [-0.3, -0.25) is 9.59 Å². The van der Waals surface area contributed by atoms with Crippen LogP contribution in [0.3, 0.4) is 0 Å². The van der Waals surface area contributed by atoms with E-state index in [0.29, 0.717) is 28.1 Å². The molecule has 100 valence electrons. The van der Waals surface area contributed by atoms with Crippen molar-refractivity contribution < 1.29 is 9.59 Å². The molecule has 0 unspecified atom stereocenters. The average molecular weight is 279 g/mol. The molecule has 0 aliphatic rings. The Morgan fingerprint density at radius 2 is 2.00 bits per heavy atom. The Labute approximate surface area is 117 Å². The van der Waals surface area contributed by atoms with Crippen LogP contribution in [-0.2, 0) is 4.79 Å². The molecule has 0 saturated carbocycles. The number of nitrogens with one attached hydrogen (secondary N) is 2. The second-order valence-electron chi connectivity index (χ2n) is 3.87. The third-order valence-corrected chi connectivity index (χ3v) is 2.54. The first kappa shape index (κ1) is 15.0. The first-order valence-electron chi connectivity index (χ1n) is 5.63. The van der Waals surface area contributed by atoms with Gasteiger partial charge in [-0.05, 0) is 29.8 Å². The van der Waals surface area contributed by atoms with Crippen LogP contribution >= 0.6 is 11.6 Å². The summed E-state index contributed by atoms with van der Waals surface area (Å²) in [5.41, 5.74) is 1.44. The van der Waals surface area contributed by atoms with Gasteiger partial charge in [0.2, 0.25) is 0 Å². The highest BCUT2D eigenvalue weighted by molar-refractivity contribution is 6.30. The Morgan fingerprint density at radius 1 is 1.37 bits per heavy atom. The molecule has 1 amide bonds. The molecule has 0 aliphatic heterocycles. The van der Waals surface area contributed by atoms with Crippen molar-refractivity contribution in [1.29, 1.82) is 0 Å². The van der Waals surface area contributed by atoms with Gasteiger partial charge in [-0.25, -0.2) is 0 Å². The fraction of sp³-hybridized carbons (Fsp3) is 0.143. The van der Waals surface area contributed by atoms with E-state index in [1.165, 1.54) is 0 Å². The fourth-order valence-corrected chi connectivity index (χ4v) is 1.54. The van der Waals surface area contributed by atoms with E-state index < -0.39 is 0 Å². The summed E-state index contributed by atoms with van der Waals surface area (Å²) in [6, 6.07) is 6.54. The van der Waals surface area contributed by atoms with Crippen molar-refractivity contribution in [1.82, 2.24) is 10.6 Å². The van der Waals surface area contributed by atoms with Gasteiger partial charge in [0.1, 0.15) is 6.29 Å². The highest BCUT2D eigenvalue weighted by Crippen LogP contribution is 2.11. The average Bonchev–Trinajstić information content (AvgIpc) is 2.39. The van der Waals surface area contributed by atoms with Crippen molar-refractivity contribution in [2.24, 2.45) is 0 Å². The first-order valence-corrected chi connectivity index (χ1v) is 6.00. The van der Waals surface area contributed by atoms with Gasteiger partial charge in [0.05, 0.1) is 0 Å². The van der Waals surface area contributed by atoms with Crippen molar-refractivity contribution in [2.75, 3.05) is 7.05 Å². The Kier molecular flexibility index (Phi) is 5.82. The van der Waals surface area contributed by atoms with Crippen LogP contribution < -0.4 is 10.6 Å². The van der Waals surface area contributed by atoms with E-state index >= 15 is 0 Å². The van der Waals surface area contributed by atoms with Gasteiger partial charge in [-0.15, -0.1) is 0 Å². The molecular weight excluding hydrogens is 264 g/mol. The number of allylic oxidation sites excluding steroid dienone is 1. The molecule has 0 aliphatic carbocycles. The normalized spacial score (nSPS) is 10.7. The van der Waals surface area contributed by atoms with E-state index in [9.17, 15) is 9.59 Å². The number of halogens is 1.